The van der Waals surface area contributed by atoms with Gasteiger partial charge in [0, 0.05) is 6.04 Å². The summed E-state index contributed by atoms with van der Waals surface area (Å²) >= 11 is 0. The summed E-state index contributed by atoms with van der Waals surface area (Å²) in [5.74, 6) is 1.81. The van der Waals surface area contributed by atoms with Gasteiger partial charge in [0.15, 0.2) is 0 Å². The van der Waals surface area contributed by atoms with Gasteiger partial charge in [0.1, 0.15) is 0 Å². The molecule has 1 aromatic heterocycles. The van der Waals surface area contributed by atoms with Crippen molar-refractivity contribution in [2.75, 3.05) is 5.32 Å². The van der Waals surface area contributed by atoms with Gasteiger partial charge in [-0.3, -0.25) is 0 Å². The molecule has 1 fully saturated rings. The molecule has 1 aliphatic rings. The maximum atomic E-state index is 4.59. The monoisotopic (exact) mass is 243 g/mol. The molecule has 1 aliphatic carbocycles. The first-order valence-corrected chi connectivity index (χ1v) is 7.02. The summed E-state index contributed by atoms with van der Waals surface area (Å²) in [6, 6.07) is 8.77. The standard InChI is InChI=1S/C15H21N3/c1-11-5-4-6-12(10-9-11)16-15-17-13-7-2-3-8-14(13)18-15/h2-3,7-8,11-12H,4-6,9-10H2,1H3,(H2,16,17,18). The van der Waals surface area contributed by atoms with E-state index in [1.165, 1.54) is 32.1 Å². The number of nitrogens with one attached hydrogen (secondary N) is 2. The van der Waals surface area contributed by atoms with Gasteiger partial charge in [-0.05, 0) is 37.3 Å². The third-order valence-electron chi connectivity index (χ3n) is 3.99. The highest BCUT2D eigenvalue weighted by Gasteiger charge is 2.16. The van der Waals surface area contributed by atoms with Crippen LogP contribution in [0.4, 0.5) is 5.95 Å². The van der Waals surface area contributed by atoms with Crippen LogP contribution in [0.25, 0.3) is 11.0 Å². The number of rotatable bonds is 2. The lowest BCUT2D eigenvalue weighted by molar-refractivity contribution is 0.501. The number of H-pyrrole nitrogens is 1. The van der Waals surface area contributed by atoms with E-state index in [-0.39, 0.29) is 0 Å². The Bertz CT molecular complexity index is 484. The fourth-order valence-corrected chi connectivity index (χ4v) is 2.85. The molecule has 1 aromatic carbocycles. The summed E-state index contributed by atoms with van der Waals surface area (Å²) in [5, 5.41) is 3.56. The molecule has 0 radical (unpaired) electrons. The first-order valence-electron chi connectivity index (χ1n) is 7.02. The van der Waals surface area contributed by atoms with Crippen molar-refractivity contribution in [2.24, 2.45) is 5.92 Å². The van der Waals surface area contributed by atoms with E-state index >= 15 is 0 Å². The third-order valence-corrected chi connectivity index (χ3v) is 3.99. The highest BCUT2D eigenvalue weighted by atomic mass is 15.1. The Balaban J connectivity index is 1.71. The van der Waals surface area contributed by atoms with Gasteiger partial charge in [-0.1, -0.05) is 31.9 Å². The van der Waals surface area contributed by atoms with Crippen LogP contribution < -0.4 is 5.32 Å². The number of aromatic nitrogens is 2. The zero-order chi connectivity index (χ0) is 12.4. The van der Waals surface area contributed by atoms with Crippen LogP contribution in [0.2, 0.25) is 0 Å². The number of para-hydroxylation sites is 2. The molecule has 0 aliphatic heterocycles. The molecule has 2 aromatic rings. The van der Waals surface area contributed by atoms with Gasteiger partial charge in [-0.15, -0.1) is 0 Å². The van der Waals surface area contributed by atoms with Gasteiger partial charge in [0.2, 0.25) is 5.95 Å². The number of hydrogen-bond donors (Lipinski definition) is 2. The quantitative estimate of drug-likeness (QED) is 0.784. The SMILES string of the molecule is CC1CCCC(Nc2nc3ccccc3[nH]2)CC1. The van der Waals surface area contributed by atoms with Crippen LogP contribution in [0.5, 0.6) is 0 Å². The predicted octanol–water partition coefficient (Wildman–Crippen LogP) is 3.94. The van der Waals surface area contributed by atoms with E-state index in [4.69, 9.17) is 0 Å². The van der Waals surface area contributed by atoms with E-state index in [0.29, 0.717) is 6.04 Å². The van der Waals surface area contributed by atoms with E-state index in [1.807, 2.05) is 18.2 Å². The van der Waals surface area contributed by atoms with Gasteiger partial charge in [0.25, 0.3) is 0 Å². The zero-order valence-corrected chi connectivity index (χ0v) is 10.9. The molecule has 0 spiro atoms. The molecule has 3 heteroatoms. The fourth-order valence-electron chi connectivity index (χ4n) is 2.85. The number of fused-ring (bicyclic) bond motifs is 1. The molecule has 0 saturated heterocycles. The topological polar surface area (TPSA) is 40.7 Å². The number of imidazole rings is 1. The maximum absolute atomic E-state index is 4.59. The van der Waals surface area contributed by atoms with Crippen molar-refractivity contribution in [3.63, 3.8) is 0 Å². The average molecular weight is 243 g/mol. The Kier molecular flexibility index (Phi) is 3.22. The van der Waals surface area contributed by atoms with Crippen LogP contribution in [-0.4, -0.2) is 16.0 Å². The van der Waals surface area contributed by atoms with Crippen molar-refractivity contribution < 1.29 is 0 Å². The van der Waals surface area contributed by atoms with Gasteiger partial charge in [-0.25, -0.2) is 4.98 Å². The van der Waals surface area contributed by atoms with Crippen LogP contribution in [0, 0.1) is 5.92 Å². The minimum atomic E-state index is 0.579. The van der Waals surface area contributed by atoms with Crippen molar-refractivity contribution in [1.29, 1.82) is 0 Å². The fraction of sp³-hybridized carbons (Fsp3) is 0.533. The van der Waals surface area contributed by atoms with Gasteiger partial charge >= 0.3 is 0 Å². The van der Waals surface area contributed by atoms with Crippen molar-refractivity contribution in [3.8, 4) is 0 Å². The van der Waals surface area contributed by atoms with Crippen LogP contribution in [-0.2, 0) is 0 Å². The highest BCUT2D eigenvalue weighted by Crippen LogP contribution is 2.25. The van der Waals surface area contributed by atoms with Crippen LogP contribution in [0.15, 0.2) is 24.3 Å². The van der Waals surface area contributed by atoms with Gasteiger partial charge < -0.3 is 10.3 Å². The van der Waals surface area contributed by atoms with Crippen LogP contribution in [0.1, 0.15) is 39.0 Å². The molecular formula is C15H21N3. The van der Waals surface area contributed by atoms with Crippen LogP contribution >= 0.6 is 0 Å². The molecule has 3 rings (SSSR count). The Morgan fingerprint density at radius 3 is 2.94 bits per heavy atom. The lowest BCUT2D eigenvalue weighted by atomic mass is 10.0. The lowest BCUT2D eigenvalue weighted by Gasteiger charge is -2.15. The molecule has 0 amide bonds. The smallest absolute Gasteiger partial charge is 0.201 e. The van der Waals surface area contributed by atoms with E-state index in [1.54, 1.807) is 0 Å². The second-order valence-electron chi connectivity index (χ2n) is 5.56. The van der Waals surface area contributed by atoms with E-state index in [0.717, 1.165) is 22.9 Å². The molecular weight excluding hydrogens is 222 g/mol. The van der Waals surface area contributed by atoms with Crippen molar-refractivity contribution >= 4 is 17.0 Å². The molecule has 2 N–H and O–H groups in total. The minimum absolute atomic E-state index is 0.579. The summed E-state index contributed by atoms with van der Waals surface area (Å²) < 4.78 is 0. The summed E-state index contributed by atoms with van der Waals surface area (Å²) in [5.41, 5.74) is 2.16. The summed E-state index contributed by atoms with van der Waals surface area (Å²) in [7, 11) is 0. The lowest BCUT2D eigenvalue weighted by Crippen LogP contribution is -2.19. The molecule has 3 nitrogen and oxygen atoms in total. The average Bonchev–Trinajstić information content (AvgIpc) is 2.66. The molecule has 2 atom stereocenters. The number of benzene rings is 1. The summed E-state index contributed by atoms with van der Waals surface area (Å²) in [6.45, 7) is 2.36. The first-order chi connectivity index (χ1) is 8.81. The Labute approximate surface area is 108 Å². The predicted molar refractivity (Wildman–Crippen MR) is 75.8 cm³/mol. The minimum Gasteiger partial charge on any atom is -0.353 e. The number of anilines is 1. The van der Waals surface area contributed by atoms with E-state index < -0.39 is 0 Å². The molecule has 1 heterocycles. The number of aromatic amines is 1. The van der Waals surface area contributed by atoms with Crippen molar-refractivity contribution in [1.82, 2.24) is 9.97 Å². The second kappa shape index (κ2) is 5.01. The Morgan fingerprint density at radius 1 is 1.17 bits per heavy atom. The summed E-state index contributed by atoms with van der Waals surface area (Å²) in [6.07, 6.45) is 6.56. The first kappa shape index (κ1) is 11.6. The van der Waals surface area contributed by atoms with Crippen LogP contribution in [0.3, 0.4) is 0 Å². The molecule has 18 heavy (non-hydrogen) atoms. The normalized spacial score (nSPS) is 24.9. The molecule has 1 saturated carbocycles. The molecule has 96 valence electrons. The highest BCUT2D eigenvalue weighted by molar-refractivity contribution is 5.77. The Morgan fingerprint density at radius 2 is 2.06 bits per heavy atom. The Hall–Kier alpha value is -1.51. The van der Waals surface area contributed by atoms with Crippen molar-refractivity contribution in [2.45, 2.75) is 45.1 Å². The molecule has 0 bridgehead atoms. The second-order valence-corrected chi connectivity index (χ2v) is 5.56. The maximum Gasteiger partial charge on any atom is 0.201 e. The van der Waals surface area contributed by atoms with E-state index in [9.17, 15) is 0 Å². The summed E-state index contributed by atoms with van der Waals surface area (Å²) in [4.78, 5) is 7.94. The number of hydrogen-bond acceptors (Lipinski definition) is 2. The van der Waals surface area contributed by atoms with Crippen molar-refractivity contribution in [3.05, 3.63) is 24.3 Å². The van der Waals surface area contributed by atoms with E-state index in [2.05, 4.69) is 28.3 Å². The largest absolute Gasteiger partial charge is 0.353 e. The molecule has 2 unspecified atom stereocenters. The third kappa shape index (κ3) is 2.50. The zero-order valence-electron chi connectivity index (χ0n) is 10.9. The van der Waals surface area contributed by atoms with Gasteiger partial charge in [0.05, 0.1) is 11.0 Å². The van der Waals surface area contributed by atoms with Gasteiger partial charge in [-0.2, -0.15) is 0 Å². The number of nitrogens with zero attached hydrogens (tertiary/aromatic N) is 1.